The van der Waals surface area contributed by atoms with E-state index in [1.54, 1.807) is 18.2 Å². The van der Waals surface area contributed by atoms with Gasteiger partial charge in [-0.25, -0.2) is 8.42 Å². The third-order valence-electron chi connectivity index (χ3n) is 2.31. The number of benzene rings is 1. The van der Waals surface area contributed by atoms with E-state index in [-0.39, 0.29) is 5.69 Å². The van der Waals surface area contributed by atoms with E-state index in [0.29, 0.717) is 11.5 Å². The van der Waals surface area contributed by atoms with Gasteiger partial charge in [-0.15, -0.1) is 0 Å². The zero-order valence-corrected chi connectivity index (χ0v) is 11.1. The van der Waals surface area contributed by atoms with Gasteiger partial charge >= 0.3 is 0 Å². The SMILES string of the molecule is COc1ccc(NS(=O)(=O)C(C)C#N)c(OC)c1. The summed E-state index contributed by atoms with van der Waals surface area (Å²) in [4.78, 5) is 0. The zero-order valence-electron chi connectivity index (χ0n) is 10.3. The van der Waals surface area contributed by atoms with E-state index in [4.69, 9.17) is 14.7 Å². The van der Waals surface area contributed by atoms with Crippen LogP contribution >= 0.6 is 0 Å². The number of hydrogen-bond acceptors (Lipinski definition) is 5. The lowest BCUT2D eigenvalue weighted by Gasteiger charge is -2.13. The molecule has 0 amide bonds. The summed E-state index contributed by atoms with van der Waals surface area (Å²) < 4.78 is 35.8. The van der Waals surface area contributed by atoms with Crippen molar-refractivity contribution >= 4 is 15.7 Å². The molecular weight excluding hydrogens is 256 g/mol. The zero-order chi connectivity index (χ0) is 13.8. The van der Waals surface area contributed by atoms with E-state index in [1.807, 2.05) is 0 Å². The van der Waals surface area contributed by atoms with Crippen LogP contribution in [-0.2, 0) is 10.0 Å². The molecule has 0 bridgehead atoms. The molecule has 1 aromatic rings. The smallest absolute Gasteiger partial charge is 0.248 e. The summed E-state index contributed by atoms with van der Waals surface area (Å²) in [6, 6.07) is 6.33. The predicted molar refractivity (Wildman–Crippen MR) is 67.2 cm³/mol. The van der Waals surface area contributed by atoms with Gasteiger partial charge in [0.1, 0.15) is 11.5 Å². The summed E-state index contributed by atoms with van der Waals surface area (Å²) in [5.74, 6) is 0.867. The molecule has 0 saturated carbocycles. The second-order valence-corrected chi connectivity index (χ2v) is 5.49. The van der Waals surface area contributed by atoms with Crippen LogP contribution in [0.15, 0.2) is 18.2 Å². The molecule has 0 aliphatic heterocycles. The number of sulfonamides is 1. The molecule has 1 N–H and O–H groups in total. The van der Waals surface area contributed by atoms with Gasteiger partial charge in [0.25, 0.3) is 0 Å². The third kappa shape index (κ3) is 3.05. The average Bonchev–Trinajstić information content (AvgIpc) is 2.37. The first-order valence-corrected chi connectivity index (χ1v) is 6.62. The Morgan fingerprint density at radius 1 is 1.33 bits per heavy atom. The highest BCUT2D eigenvalue weighted by Gasteiger charge is 2.21. The van der Waals surface area contributed by atoms with Crippen LogP contribution < -0.4 is 14.2 Å². The first-order chi connectivity index (χ1) is 8.44. The number of hydrogen-bond donors (Lipinski definition) is 1. The van der Waals surface area contributed by atoms with Gasteiger partial charge in [0.05, 0.1) is 26.0 Å². The van der Waals surface area contributed by atoms with E-state index < -0.39 is 15.3 Å². The van der Waals surface area contributed by atoms with Gasteiger partial charge in [0, 0.05) is 6.07 Å². The van der Waals surface area contributed by atoms with Crippen molar-refractivity contribution in [3.63, 3.8) is 0 Å². The summed E-state index contributed by atoms with van der Waals surface area (Å²) >= 11 is 0. The van der Waals surface area contributed by atoms with E-state index in [9.17, 15) is 8.42 Å². The minimum atomic E-state index is -3.75. The number of nitrogens with one attached hydrogen (secondary N) is 1. The van der Waals surface area contributed by atoms with Crippen molar-refractivity contribution in [2.75, 3.05) is 18.9 Å². The van der Waals surface area contributed by atoms with E-state index in [1.165, 1.54) is 27.2 Å². The predicted octanol–water partition coefficient (Wildman–Crippen LogP) is 1.36. The quantitative estimate of drug-likeness (QED) is 0.872. The van der Waals surface area contributed by atoms with Crippen LogP contribution in [0, 0.1) is 11.3 Å². The molecule has 0 aromatic heterocycles. The molecule has 1 rings (SSSR count). The molecule has 1 unspecified atom stereocenters. The van der Waals surface area contributed by atoms with Crippen LogP contribution in [0.1, 0.15) is 6.92 Å². The maximum atomic E-state index is 11.7. The largest absolute Gasteiger partial charge is 0.497 e. The second-order valence-electron chi connectivity index (χ2n) is 3.48. The number of methoxy groups -OCH3 is 2. The van der Waals surface area contributed by atoms with Gasteiger partial charge in [-0.05, 0) is 19.1 Å². The van der Waals surface area contributed by atoms with Crippen LogP contribution in [0.4, 0.5) is 5.69 Å². The molecule has 0 heterocycles. The monoisotopic (exact) mass is 270 g/mol. The van der Waals surface area contributed by atoms with Crippen molar-refractivity contribution < 1.29 is 17.9 Å². The topological polar surface area (TPSA) is 88.4 Å². The lowest BCUT2D eigenvalue weighted by molar-refractivity contribution is 0.395. The van der Waals surface area contributed by atoms with Crippen molar-refractivity contribution in [1.29, 1.82) is 5.26 Å². The summed E-state index contributed by atoms with van der Waals surface area (Å²) in [7, 11) is -0.834. The van der Waals surface area contributed by atoms with Gasteiger partial charge in [0.2, 0.25) is 10.0 Å². The fraction of sp³-hybridized carbons (Fsp3) is 0.364. The number of nitrogens with zero attached hydrogens (tertiary/aromatic N) is 1. The van der Waals surface area contributed by atoms with Crippen molar-refractivity contribution in [3.05, 3.63) is 18.2 Å². The standard InChI is InChI=1S/C11H14N2O4S/c1-8(7-12)18(14,15)13-10-5-4-9(16-2)6-11(10)17-3/h4-6,8,13H,1-3H3. The Labute approximate surface area is 106 Å². The Kier molecular flexibility index (Phi) is 4.39. The van der Waals surface area contributed by atoms with E-state index in [2.05, 4.69) is 4.72 Å². The highest BCUT2D eigenvalue weighted by Crippen LogP contribution is 2.30. The highest BCUT2D eigenvalue weighted by atomic mass is 32.2. The minimum absolute atomic E-state index is 0.264. The second kappa shape index (κ2) is 5.60. The number of nitriles is 1. The molecule has 0 aliphatic rings. The normalized spacial score (nSPS) is 12.3. The Morgan fingerprint density at radius 3 is 2.50 bits per heavy atom. The van der Waals surface area contributed by atoms with Crippen LogP contribution in [0.3, 0.4) is 0 Å². The Bertz CT molecular complexity index is 563. The van der Waals surface area contributed by atoms with Gasteiger partial charge in [-0.2, -0.15) is 5.26 Å². The molecule has 7 heteroatoms. The molecule has 1 aromatic carbocycles. The molecule has 0 radical (unpaired) electrons. The van der Waals surface area contributed by atoms with E-state index in [0.717, 1.165) is 0 Å². The fourth-order valence-corrected chi connectivity index (χ4v) is 1.98. The molecule has 18 heavy (non-hydrogen) atoms. The number of rotatable bonds is 5. The maximum absolute atomic E-state index is 11.7. The van der Waals surface area contributed by atoms with Crippen LogP contribution in [0.5, 0.6) is 11.5 Å². The lowest BCUT2D eigenvalue weighted by atomic mass is 10.3. The Morgan fingerprint density at radius 2 is 2.00 bits per heavy atom. The fourth-order valence-electron chi connectivity index (χ4n) is 1.19. The molecule has 0 aliphatic carbocycles. The van der Waals surface area contributed by atoms with Gasteiger partial charge in [-0.1, -0.05) is 0 Å². The summed E-state index contributed by atoms with van der Waals surface area (Å²) in [6.45, 7) is 1.30. The molecule has 98 valence electrons. The Balaban J connectivity index is 3.09. The van der Waals surface area contributed by atoms with Crippen molar-refractivity contribution in [2.24, 2.45) is 0 Å². The summed E-state index contributed by atoms with van der Waals surface area (Å²) in [5.41, 5.74) is 0.264. The third-order valence-corrected chi connectivity index (χ3v) is 3.85. The van der Waals surface area contributed by atoms with E-state index >= 15 is 0 Å². The van der Waals surface area contributed by atoms with Crippen molar-refractivity contribution in [1.82, 2.24) is 0 Å². The first kappa shape index (κ1) is 14.1. The Hall–Kier alpha value is -1.94. The summed E-state index contributed by atoms with van der Waals surface area (Å²) in [6.07, 6.45) is 0. The van der Waals surface area contributed by atoms with Gasteiger partial charge in [0.15, 0.2) is 5.25 Å². The van der Waals surface area contributed by atoms with Crippen LogP contribution in [0.2, 0.25) is 0 Å². The first-order valence-electron chi connectivity index (χ1n) is 5.08. The van der Waals surface area contributed by atoms with Crippen molar-refractivity contribution in [3.8, 4) is 17.6 Å². The maximum Gasteiger partial charge on any atom is 0.248 e. The lowest BCUT2D eigenvalue weighted by Crippen LogP contribution is -2.24. The number of ether oxygens (including phenoxy) is 2. The van der Waals surface area contributed by atoms with Gasteiger partial charge < -0.3 is 9.47 Å². The number of anilines is 1. The van der Waals surface area contributed by atoms with Crippen LogP contribution in [-0.4, -0.2) is 27.9 Å². The molecular formula is C11H14N2O4S. The molecule has 0 spiro atoms. The average molecular weight is 270 g/mol. The van der Waals surface area contributed by atoms with Crippen LogP contribution in [0.25, 0.3) is 0 Å². The van der Waals surface area contributed by atoms with Crippen molar-refractivity contribution in [2.45, 2.75) is 12.2 Å². The van der Waals surface area contributed by atoms with Gasteiger partial charge in [-0.3, -0.25) is 4.72 Å². The summed E-state index contributed by atoms with van der Waals surface area (Å²) in [5, 5.41) is 7.49. The molecule has 0 saturated heterocycles. The highest BCUT2D eigenvalue weighted by molar-refractivity contribution is 7.93. The molecule has 6 nitrogen and oxygen atoms in total. The molecule has 1 atom stereocenters. The minimum Gasteiger partial charge on any atom is -0.497 e. The molecule has 0 fully saturated rings.